The van der Waals surface area contributed by atoms with Gasteiger partial charge in [0.25, 0.3) is 11.6 Å². The van der Waals surface area contributed by atoms with Crippen molar-refractivity contribution in [2.24, 2.45) is 0 Å². The maximum Gasteiger partial charge on any atom is 0.288 e. The van der Waals surface area contributed by atoms with Gasteiger partial charge in [0.05, 0.1) is 22.2 Å². The van der Waals surface area contributed by atoms with E-state index in [0.717, 1.165) is 0 Å². The zero-order valence-electron chi connectivity index (χ0n) is 17.3. The predicted octanol–water partition coefficient (Wildman–Crippen LogP) is 4.49. The number of nitro benzene ring substituents is 1. The molecule has 2 aromatic carbocycles. The number of thiocarbonyl (C=S) groups is 1. The van der Waals surface area contributed by atoms with E-state index in [1.807, 2.05) is 0 Å². The van der Waals surface area contributed by atoms with Gasteiger partial charge in [-0.2, -0.15) is 0 Å². The Bertz CT molecular complexity index is 1140. The molecule has 1 aliphatic rings. The van der Waals surface area contributed by atoms with Crippen LogP contribution < -0.4 is 10.2 Å². The molecule has 162 valence electrons. The highest BCUT2D eigenvalue weighted by Crippen LogP contribution is 2.37. The van der Waals surface area contributed by atoms with Gasteiger partial charge in [-0.15, -0.1) is 0 Å². The monoisotopic (exact) mass is 462 g/mol. The number of rotatable bonds is 4. The third kappa shape index (κ3) is 4.24. The molecular formula is C21H20ClFN4O3S. The summed E-state index contributed by atoms with van der Waals surface area (Å²) in [6, 6.07) is 8.27. The van der Waals surface area contributed by atoms with Crippen molar-refractivity contribution in [3.63, 3.8) is 0 Å². The zero-order chi connectivity index (χ0) is 23.0. The molecule has 1 N–H and O–H groups in total. The number of allylic oxidation sites excluding steroid dienone is 1. The second kappa shape index (κ2) is 8.60. The molecule has 0 bridgehead atoms. The largest absolute Gasteiger partial charge is 0.351 e. The van der Waals surface area contributed by atoms with Crippen molar-refractivity contribution in [2.75, 3.05) is 19.0 Å². The minimum atomic E-state index is -0.745. The lowest BCUT2D eigenvalue weighted by atomic mass is 9.93. The Hall–Kier alpha value is -3.04. The Morgan fingerprint density at radius 3 is 2.52 bits per heavy atom. The van der Waals surface area contributed by atoms with Crippen molar-refractivity contribution >= 4 is 46.2 Å². The van der Waals surface area contributed by atoms with Crippen molar-refractivity contribution in [1.82, 2.24) is 10.2 Å². The van der Waals surface area contributed by atoms with Crippen molar-refractivity contribution < 1.29 is 14.1 Å². The van der Waals surface area contributed by atoms with Gasteiger partial charge < -0.3 is 10.2 Å². The molecular weight excluding hydrogens is 443 g/mol. The Labute approximate surface area is 189 Å². The van der Waals surface area contributed by atoms with Crippen LogP contribution in [0.3, 0.4) is 0 Å². The number of hydrogen-bond acceptors (Lipinski definition) is 4. The summed E-state index contributed by atoms with van der Waals surface area (Å²) in [4.78, 5) is 26.9. The highest BCUT2D eigenvalue weighted by Gasteiger charge is 2.36. The smallest absolute Gasteiger partial charge is 0.288 e. The van der Waals surface area contributed by atoms with E-state index in [0.29, 0.717) is 28.1 Å². The normalized spacial score (nSPS) is 16.3. The molecule has 1 heterocycles. The van der Waals surface area contributed by atoms with Gasteiger partial charge in [-0.3, -0.25) is 19.8 Å². The Balaban J connectivity index is 2.20. The summed E-state index contributed by atoms with van der Waals surface area (Å²) in [6.45, 7) is 3.36. The van der Waals surface area contributed by atoms with E-state index in [4.69, 9.17) is 23.8 Å². The van der Waals surface area contributed by atoms with Gasteiger partial charge in [-0.1, -0.05) is 23.7 Å². The second-order valence-corrected chi connectivity index (χ2v) is 8.11. The second-order valence-electron chi connectivity index (χ2n) is 7.32. The molecule has 2 aromatic rings. The predicted molar refractivity (Wildman–Crippen MR) is 122 cm³/mol. The number of nitrogens with zero attached hydrogens (tertiary/aromatic N) is 3. The third-order valence-corrected chi connectivity index (χ3v) is 5.66. The topological polar surface area (TPSA) is 78.7 Å². The first-order valence-electron chi connectivity index (χ1n) is 9.26. The first kappa shape index (κ1) is 22.6. The summed E-state index contributed by atoms with van der Waals surface area (Å²) >= 11 is 11.5. The van der Waals surface area contributed by atoms with Crippen molar-refractivity contribution in [3.05, 3.63) is 79.7 Å². The molecule has 31 heavy (non-hydrogen) atoms. The molecule has 0 spiro atoms. The maximum atomic E-state index is 14.2. The maximum absolute atomic E-state index is 14.2. The van der Waals surface area contributed by atoms with E-state index in [9.17, 15) is 19.3 Å². The first-order chi connectivity index (χ1) is 14.5. The molecule has 0 saturated heterocycles. The summed E-state index contributed by atoms with van der Waals surface area (Å²) in [7, 11) is 3.21. The van der Waals surface area contributed by atoms with Crippen LogP contribution in [0, 0.1) is 22.9 Å². The molecule has 10 heteroatoms. The van der Waals surface area contributed by atoms with Crippen LogP contribution in [0.15, 0.2) is 47.7 Å². The number of amides is 1. The molecule has 0 radical (unpaired) electrons. The first-order valence-corrected chi connectivity index (χ1v) is 10.0. The minimum absolute atomic E-state index is 0.00918. The fourth-order valence-electron chi connectivity index (χ4n) is 3.39. The summed E-state index contributed by atoms with van der Waals surface area (Å²) in [5, 5.41) is 14.7. The van der Waals surface area contributed by atoms with Crippen LogP contribution in [0.2, 0.25) is 5.02 Å². The van der Waals surface area contributed by atoms with Gasteiger partial charge in [0.1, 0.15) is 10.8 Å². The van der Waals surface area contributed by atoms with Crippen LogP contribution in [0.5, 0.6) is 0 Å². The van der Waals surface area contributed by atoms with Gasteiger partial charge in [-0.25, -0.2) is 4.39 Å². The average molecular weight is 463 g/mol. The summed E-state index contributed by atoms with van der Waals surface area (Å²) in [5.74, 6) is -0.711. The number of anilines is 1. The molecule has 1 unspecified atom stereocenters. The number of carbonyl (C=O) groups is 1. The molecule has 3 rings (SSSR count). The van der Waals surface area contributed by atoms with Gasteiger partial charge in [-0.05, 0) is 55.4 Å². The number of benzene rings is 2. The highest BCUT2D eigenvalue weighted by molar-refractivity contribution is 7.80. The fraction of sp³-hybridized carbons (Fsp3) is 0.238. The summed E-state index contributed by atoms with van der Waals surface area (Å²) in [6.07, 6.45) is 0. The van der Waals surface area contributed by atoms with E-state index < -0.39 is 16.8 Å². The fourth-order valence-corrected chi connectivity index (χ4v) is 3.94. The summed E-state index contributed by atoms with van der Waals surface area (Å²) < 4.78 is 14.2. The number of aryl methyl sites for hydroxylation is 1. The Kier molecular flexibility index (Phi) is 6.28. The zero-order valence-corrected chi connectivity index (χ0v) is 18.8. The van der Waals surface area contributed by atoms with Gasteiger partial charge >= 0.3 is 0 Å². The lowest BCUT2D eigenvalue weighted by Crippen LogP contribution is -2.49. The Morgan fingerprint density at radius 1 is 1.26 bits per heavy atom. The molecule has 0 aliphatic carbocycles. The van der Waals surface area contributed by atoms with E-state index >= 15 is 0 Å². The number of carbonyl (C=O) groups excluding carboxylic acids is 1. The van der Waals surface area contributed by atoms with Crippen LogP contribution in [-0.4, -0.2) is 34.9 Å². The molecule has 1 aliphatic heterocycles. The van der Waals surface area contributed by atoms with Gasteiger partial charge in [0.2, 0.25) is 0 Å². The van der Waals surface area contributed by atoms with Crippen molar-refractivity contribution in [3.8, 4) is 0 Å². The van der Waals surface area contributed by atoms with Crippen LogP contribution >= 0.6 is 23.8 Å². The molecule has 1 atom stereocenters. The molecule has 0 saturated carbocycles. The summed E-state index contributed by atoms with van der Waals surface area (Å²) in [5.41, 5.74) is 1.95. The molecule has 7 nitrogen and oxygen atoms in total. The van der Waals surface area contributed by atoms with Crippen LogP contribution in [0.4, 0.5) is 15.8 Å². The van der Waals surface area contributed by atoms with E-state index in [-0.39, 0.29) is 21.7 Å². The van der Waals surface area contributed by atoms with Crippen LogP contribution in [0.25, 0.3) is 0 Å². The SMILES string of the molecule is CC1=C(C(=O)N(C)C)C(c2ccc(Cl)c([N+](=O)[O-])c2)NC(=S)N1c1ccc(C)c(F)c1. The van der Waals surface area contributed by atoms with Gasteiger partial charge in [0, 0.05) is 25.9 Å². The van der Waals surface area contributed by atoms with E-state index in [2.05, 4.69) is 5.32 Å². The van der Waals surface area contributed by atoms with E-state index in [1.165, 1.54) is 23.1 Å². The number of halogens is 2. The van der Waals surface area contributed by atoms with Crippen LogP contribution in [-0.2, 0) is 4.79 Å². The highest BCUT2D eigenvalue weighted by atomic mass is 35.5. The number of nitrogens with one attached hydrogen (secondary N) is 1. The number of nitro groups is 1. The number of hydrogen-bond donors (Lipinski definition) is 1. The molecule has 0 aromatic heterocycles. The average Bonchev–Trinajstić information content (AvgIpc) is 2.69. The molecule has 1 amide bonds. The van der Waals surface area contributed by atoms with Crippen molar-refractivity contribution in [1.29, 1.82) is 0 Å². The van der Waals surface area contributed by atoms with Gasteiger partial charge in [0.15, 0.2) is 5.11 Å². The third-order valence-electron chi connectivity index (χ3n) is 5.04. The lowest BCUT2D eigenvalue weighted by molar-refractivity contribution is -0.384. The quantitative estimate of drug-likeness (QED) is 0.409. The standard InChI is InChI=1S/C21H20ClFN4O3S/c1-11-5-7-14(10-16(11)23)26-12(2)18(20(28)25(3)4)19(24-21(26)31)13-6-8-15(22)17(9-13)27(29)30/h5-10,19H,1-4H3,(H,24,31). The van der Waals surface area contributed by atoms with Crippen molar-refractivity contribution in [2.45, 2.75) is 19.9 Å². The number of likely N-dealkylation sites (N-methyl/N-ethyl adjacent to an activating group) is 1. The van der Waals surface area contributed by atoms with Crippen LogP contribution in [0.1, 0.15) is 24.1 Å². The lowest BCUT2D eigenvalue weighted by Gasteiger charge is -2.38. The molecule has 0 fully saturated rings. The Morgan fingerprint density at radius 2 is 1.94 bits per heavy atom. The van der Waals surface area contributed by atoms with E-state index in [1.54, 1.807) is 51.0 Å². The minimum Gasteiger partial charge on any atom is -0.351 e.